The van der Waals surface area contributed by atoms with Crippen LogP contribution < -0.4 is 0 Å². The Bertz CT molecular complexity index is 296. The van der Waals surface area contributed by atoms with Crippen molar-refractivity contribution in [2.45, 2.75) is 32.1 Å². The first kappa shape index (κ1) is 11.3. The molecule has 1 atom stereocenters. The lowest BCUT2D eigenvalue weighted by Crippen LogP contribution is -1.99. The fourth-order valence-corrected chi connectivity index (χ4v) is 1.67. The van der Waals surface area contributed by atoms with Crippen LogP contribution >= 0.6 is 11.6 Å². The molecule has 0 aliphatic rings. The third-order valence-electron chi connectivity index (χ3n) is 2.31. The summed E-state index contributed by atoms with van der Waals surface area (Å²) in [6.45, 7) is 2.12. The van der Waals surface area contributed by atoms with Gasteiger partial charge in [-0.3, -0.25) is 0 Å². The Kier molecular flexibility index (Phi) is 4.68. The van der Waals surface area contributed by atoms with Crippen molar-refractivity contribution in [1.29, 1.82) is 0 Å². The number of halogens is 1. The summed E-state index contributed by atoms with van der Waals surface area (Å²) in [6.07, 6.45) is 4.13. The van der Waals surface area contributed by atoms with E-state index in [1.807, 2.05) is 24.3 Å². The third kappa shape index (κ3) is 3.15. The van der Waals surface area contributed by atoms with E-state index in [2.05, 4.69) is 6.92 Å². The van der Waals surface area contributed by atoms with Gasteiger partial charge < -0.3 is 4.79 Å². The molecule has 1 unspecified atom stereocenters. The summed E-state index contributed by atoms with van der Waals surface area (Å²) in [5, 5.41) is 0.700. The molecule has 0 bridgehead atoms. The molecule has 0 amide bonds. The van der Waals surface area contributed by atoms with E-state index in [9.17, 15) is 4.79 Å². The number of carbonyl (C=O) groups is 1. The minimum Gasteiger partial charge on any atom is -0.303 e. The molecule has 0 aromatic heterocycles. The third-order valence-corrected chi connectivity index (χ3v) is 2.54. The highest BCUT2D eigenvalue weighted by molar-refractivity contribution is 6.30. The molecular weight excluding hydrogens is 196 g/mol. The smallest absolute Gasteiger partial charge is 0.127 e. The highest BCUT2D eigenvalue weighted by Gasteiger charge is 2.09. The molecule has 1 aromatic carbocycles. The van der Waals surface area contributed by atoms with Crippen molar-refractivity contribution in [3.05, 3.63) is 34.9 Å². The zero-order chi connectivity index (χ0) is 10.4. The monoisotopic (exact) mass is 210 g/mol. The molecule has 0 aliphatic carbocycles. The van der Waals surface area contributed by atoms with E-state index in [4.69, 9.17) is 11.6 Å². The molecule has 14 heavy (non-hydrogen) atoms. The van der Waals surface area contributed by atoms with Gasteiger partial charge >= 0.3 is 0 Å². The number of hydrogen-bond acceptors (Lipinski definition) is 1. The molecule has 0 aliphatic heterocycles. The van der Waals surface area contributed by atoms with Gasteiger partial charge in [0.2, 0.25) is 0 Å². The molecular formula is C12H15ClO. The van der Waals surface area contributed by atoms with Crippen LogP contribution in [0.1, 0.15) is 37.7 Å². The lowest BCUT2D eigenvalue weighted by molar-refractivity contribution is -0.109. The molecule has 0 saturated heterocycles. The quantitative estimate of drug-likeness (QED) is 0.676. The van der Waals surface area contributed by atoms with Crippen molar-refractivity contribution in [2.24, 2.45) is 0 Å². The predicted octanol–water partition coefficient (Wildman–Crippen LogP) is 3.81. The van der Waals surface area contributed by atoms with Crippen molar-refractivity contribution < 1.29 is 4.79 Å². The first-order chi connectivity index (χ1) is 6.77. The predicted molar refractivity (Wildman–Crippen MR) is 59.8 cm³/mol. The molecule has 0 spiro atoms. The van der Waals surface area contributed by atoms with Gasteiger partial charge in [-0.15, -0.1) is 0 Å². The molecule has 0 saturated carbocycles. The van der Waals surface area contributed by atoms with Crippen LogP contribution in [0.5, 0.6) is 0 Å². The van der Waals surface area contributed by atoms with Gasteiger partial charge in [-0.25, -0.2) is 0 Å². The van der Waals surface area contributed by atoms with Crippen molar-refractivity contribution in [3.8, 4) is 0 Å². The minimum absolute atomic E-state index is 0.00801. The van der Waals surface area contributed by atoms with E-state index < -0.39 is 0 Å². The molecule has 76 valence electrons. The Morgan fingerprint density at radius 3 is 2.86 bits per heavy atom. The van der Waals surface area contributed by atoms with Gasteiger partial charge in [0.05, 0.1) is 0 Å². The Balaban J connectivity index is 2.73. The first-order valence-corrected chi connectivity index (χ1v) is 5.36. The SMILES string of the molecule is CCCCC(C=O)c1cccc(Cl)c1. The normalized spacial score (nSPS) is 12.4. The van der Waals surface area contributed by atoms with E-state index in [0.29, 0.717) is 5.02 Å². The lowest BCUT2D eigenvalue weighted by atomic mass is 9.95. The number of benzene rings is 1. The Hall–Kier alpha value is -0.820. The number of carbonyl (C=O) groups excluding carboxylic acids is 1. The van der Waals surface area contributed by atoms with Crippen molar-refractivity contribution in [2.75, 3.05) is 0 Å². The van der Waals surface area contributed by atoms with Crippen LogP contribution in [0.3, 0.4) is 0 Å². The average molecular weight is 211 g/mol. The van der Waals surface area contributed by atoms with Gasteiger partial charge in [0.15, 0.2) is 0 Å². The fourth-order valence-electron chi connectivity index (χ4n) is 1.47. The van der Waals surface area contributed by atoms with Crippen LogP contribution in [0, 0.1) is 0 Å². The maximum atomic E-state index is 10.9. The van der Waals surface area contributed by atoms with Crippen LogP contribution in [0.2, 0.25) is 5.02 Å². The molecule has 0 heterocycles. The summed E-state index contributed by atoms with van der Waals surface area (Å²) >= 11 is 5.86. The van der Waals surface area contributed by atoms with E-state index >= 15 is 0 Å². The molecule has 0 radical (unpaired) electrons. The van der Waals surface area contributed by atoms with Crippen LogP contribution in [0.15, 0.2) is 24.3 Å². The molecule has 1 rings (SSSR count). The topological polar surface area (TPSA) is 17.1 Å². The maximum absolute atomic E-state index is 10.9. The Morgan fingerprint density at radius 2 is 2.29 bits per heavy atom. The summed E-state index contributed by atoms with van der Waals surface area (Å²) in [7, 11) is 0. The maximum Gasteiger partial charge on any atom is 0.127 e. The Morgan fingerprint density at radius 1 is 1.50 bits per heavy atom. The van der Waals surface area contributed by atoms with E-state index in [1.54, 1.807) is 0 Å². The second-order valence-electron chi connectivity index (χ2n) is 3.44. The van der Waals surface area contributed by atoms with Gasteiger partial charge in [0, 0.05) is 10.9 Å². The Labute approximate surface area is 90.1 Å². The average Bonchev–Trinajstić information content (AvgIpc) is 2.19. The van der Waals surface area contributed by atoms with Gasteiger partial charge in [0.25, 0.3) is 0 Å². The molecule has 2 heteroatoms. The number of aldehydes is 1. The van der Waals surface area contributed by atoms with Gasteiger partial charge in [-0.05, 0) is 24.1 Å². The van der Waals surface area contributed by atoms with Crippen molar-refractivity contribution in [3.63, 3.8) is 0 Å². The summed E-state index contributed by atoms with van der Waals surface area (Å²) in [4.78, 5) is 10.9. The van der Waals surface area contributed by atoms with Gasteiger partial charge in [-0.1, -0.05) is 43.5 Å². The number of unbranched alkanes of at least 4 members (excludes halogenated alkanes) is 1. The largest absolute Gasteiger partial charge is 0.303 e. The molecule has 1 nitrogen and oxygen atoms in total. The van der Waals surface area contributed by atoms with E-state index in [1.165, 1.54) is 0 Å². The summed E-state index contributed by atoms with van der Waals surface area (Å²) < 4.78 is 0. The molecule has 0 N–H and O–H groups in total. The van der Waals surface area contributed by atoms with Crippen LogP contribution in [-0.4, -0.2) is 6.29 Å². The highest BCUT2D eigenvalue weighted by Crippen LogP contribution is 2.22. The second kappa shape index (κ2) is 5.82. The number of hydrogen-bond donors (Lipinski definition) is 0. The highest BCUT2D eigenvalue weighted by atomic mass is 35.5. The summed E-state index contributed by atoms with van der Waals surface area (Å²) in [5.41, 5.74) is 1.03. The fraction of sp³-hybridized carbons (Fsp3) is 0.417. The van der Waals surface area contributed by atoms with Gasteiger partial charge in [-0.2, -0.15) is 0 Å². The van der Waals surface area contributed by atoms with E-state index in [0.717, 1.165) is 31.1 Å². The van der Waals surface area contributed by atoms with Crippen LogP contribution in [0.25, 0.3) is 0 Å². The van der Waals surface area contributed by atoms with Crippen LogP contribution in [-0.2, 0) is 4.79 Å². The standard InChI is InChI=1S/C12H15ClO/c1-2-3-5-11(9-14)10-6-4-7-12(13)8-10/h4,6-9,11H,2-3,5H2,1H3. The summed E-state index contributed by atoms with van der Waals surface area (Å²) in [5.74, 6) is 0.00801. The second-order valence-corrected chi connectivity index (χ2v) is 3.88. The summed E-state index contributed by atoms with van der Waals surface area (Å²) in [6, 6.07) is 7.55. The number of rotatable bonds is 5. The molecule has 0 fully saturated rings. The lowest BCUT2D eigenvalue weighted by Gasteiger charge is -2.09. The molecule has 1 aromatic rings. The van der Waals surface area contributed by atoms with Crippen LogP contribution in [0.4, 0.5) is 0 Å². The van der Waals surface area contributed by atoms with Crippen molar-refractivity contribution >= 4 is 17.9 Å². The van der Waals surface area contributed by atoms with Gasteiger partial charge in [0.1, 0.15) is 6.29 Å². The first-order valence-electron chi connectivity index (χ1n) is 4.98. The minimum atomic E-state index is 0.00801. The van der Waals surface area contributed by atoms with E-state index in [-0.39, 0.29) is 5.92 Å². The van der Waals surface area contributed by atoms with Crippen molar-refractivity contribution in [1.82, 2.24) is 0 Å². The zero-order valence-electron chi connectivity index (χ0n) is 8.37. The zero-order valence-corrected chi connectivity index (χ0v) is 9.13.